The number of imide groups is 2. The minimum atomic E-state index is -1.64. The smallest absolute Gasteiger partial charge is 0.319 e. The summed E-state index contributed by atoms with van der Waals surface area (Å²) >= 11 is 0. The summed E-state index contributed by atoms with van der Waals surface area (Å²) in [7, 11) is 0. The van der Waals surface area contributed by atoms with E-state index >= 15 is 0 Å². The summed E-state index contributed by atoms with van der Waals surface area (Å²) in [5, 5.41) is 0.639. The number of fused-ring (bicyclic) bond motifs is 4. The molecule has 2 aliphatic heterocycles. The Bertz CT molecular complexity index is 1020. The van der Waals surface area contributed by atoms with E-state index in [9.17, 15) is 28.8 Å². The number of hydroxylamine groups is 4. The van der Waals surface area contributed by atoms with E-state index in [1.54, 1.807) is 0 Å². The molecule has 4 fully saturated rings. The summed E-state index contributed by atoms with van der Waals surface area (Å²) in [5.41, 5.74) is -0.842. The van der Waals surface area contributed by atoms with E-state index in [0.29, 0.717) is 22.0 Å². The molecule has 0 spiro atoms. The van der Waals surface area contributed by atoms with Crippen LogP contribution < -0.4 is 0 Å². The average molecular weight is 468 g/mol. The Morgan fingerprint density at radius 3 is 1.44 bits per heavy atom. The largest absolute Gasteiger partial charge is 0.444 e. The van der Waals surface area contributed by atoms with Crippen molar-refractivity contribution in [3.05, 3.63) is 24.3 Å². The highest BCUT2D eigenvalue weighted by atomic mass is 16.8. The zero-order chi connectivity index (χ0) is 23.8. The fraction of sp³-hybridized carbons (Fsp3) is 0.583. The number of hydrogen-bond donors (Lipinski definition) is 0. The number of carbonyl (C=O) groups excluding carboxylic acids is 6. The molecule has 6 atom stereocenters. The standard InChI is InChI=1S/C24H24N2O8/c27-17-9-15(23-5-1-13(11-23)2-6-23)19(29)25(17)33-21(31)22(32)34-26-18(28)10-16(20(26)30)24-7-3-14(12-24)4-8-24/h1,3,5,7,13-16H,2,4,6,8-12H2. The molecule has 0 aromatic heterocycles. The summed E-state index contributed by atoms with van der Waals surface area (Å²) in [5.74, 6) is -6.58. The van der Waals surface area contributed by atoms with E-state index in [1.165, 1.54) is 0 Å². The van der Waals surface area contributed by atoms with Gasteiger partial charge in [0.2, 0.25) is 0 Å². The number of nitrogens with zero attached hydrogens (tertiary/aromatic N) is 2. The minimum absolute atomic E-state index is 0.112. The highest BCUT2D eigenvalue weighted by molar-refractivity contribution is 6.30. The lowest BCUT2D eigenvalue weighted by molar-refractivity contribution is -0.216. The number of carbonyl (C=O) groups is 6. The van der Waals surface area contributed by atoms with E-state index in [2.05, 4.69) is 12.2 Å². The van der Waals surface area contributed by atoms with Crippen LogP contribution in [0, 0.1) is 34.5 Å². The van der Waals surface area contributed by atoms with Gasteiger partial charge in [-0.15, -0.1) is 10.1 Å². The first-order chi connectivity index (χ1) is 16.2. The third kappa shape index (κ3) is 2.93. The van der Waals surface area contributed by atoms with Crippen molar-refractivity contribution in [3.63, 3.8) is 0 Å². The number of allylic oxidation sites excluding steroid dienone is 4. The van der Waals surface area contributed by atoms with Crippen LogP contribution in [0.25, 0.3) is 0 Å². The van der Waals surface area contributed by atoms with Gasteiger partial charge in [-0.25, -0.2) is 9.59 Å². The molecular formula is C24H24N2O8. The molecule has 4 amide bonds. The SMILES string of the molecule is O=C(ON1C(=O)CC(C23C=CC(CC2)C3)C1=O)C(=O)ON1C(=O)CC(C23C=CC(CC2)C3)C1=O. The number of hydrogen-bond acceptors (Lipinski definition) is 8. The van der Waals surface area contributed by atoms with Crippen LogP contribution in [0.4, 0.5) is 0 Å². The van der Waals surface area contributed by atoms with Gasteiger partial charge in [0.05, 0.1) is 11.8 Å². The quantitative estimate of drug-likeness (QED) is 0.344. The van der Waals surface area contributed by atoms with E-state index in [4.69, 9.17) is 9.68 Å². The molecule has 6 aliphatic rings. The maximum Gasteiger partial charge on any atom is 0.444 e. The minimum Gasteiger partial charge on any atom is -0.319 e. The molecule has 6 rings (SSSR count). The van der Waals surface area contributed by atoms with Crippen LogP contribution in [-0.2, 0) is 38.4 Å². The van der Waals surface area contributed by atoms with Gasteiger partial charge in [0.25, 0.3) is 23.6 Å². The van der Waals surface area contributed by atoms with Crippen LogP contribution in [0.1, 0.15) is 51.4 Å². The number of amides is 4. The molecule has 0 radical (unpaired) electrons. The van der Waals surface area contributed by atoms with E-state index < -0.39 is 58.2 Å². The van der Waals surface area contributed by atoms with Gasteiger partial charge < -0.3 is 9.68 Å². The Hall–Kier alpha value is -3.30. The molecule has 10 nitrogen and oxygen atoms in total. The molecule has 4 bridgehead atoms. The normalized spacial score (nSPS) is 39.8. The molecule has 4 aliphatic carbocycles. The summed E-state index contributed by atoms with van der Waals surface area (Å²) in [6.45, 7) is 0. The summed E-state index contributed by atoms with van der Waals surface area (Å²) in [6, 6.07) is 0. The molecular weight excluding hydrogens is 444 g/mol. The van der Waals surface area contributed by atoms with Crippen molar-refractivity contribution < 1.29 is 38.4 Å². The van der Waals surface area contributed by atoms with Crippen molar-refractivity contribution in [2.24, 2.45) is 34.5 Å². The molecule has 0 aromatic rings. The highest BCUT2D eigenvalue weighted by Crippen LogP contribution is 2.57. The maximum absolute atomic E-state index is 12.9. The Morgan fingerprint density at radius 1 is 0.735 bits per heavy atom. The van der Waals surface area contributed by atoms with Crippen molar-refractivity contribution in [1.29, 1.82) is 0 Å². The lowest BCUT2D eigenvalue weighted by Crippen LogP contribution is -2.42. The van der Waals surface area contributed by atoms with Crippen molar-refractivity contribution in [2.75, 3.05) is 0 Å². The third-order valence-electron chi connectivity index (χ3n) is 8.76. The summed E-state index contributed by atoms with van der Waals surface area (Å²) < 4.78 is 0. The molecule has 34 heavy (non-hydrogen) atoms. The predicted molar refractivity (Wildman–Crippen MR) is 110 cm³/mol. The second-order valence-corrected chi connectivity index (χ2v) is 10.5. The van der Waals surface area contributed by atoms with Crippen molar-refractivity contribution in [2.45, 2.75) is 51.4 Å². The van der Waals surface area contributed by atoms with Gasteiger partial charge in [-0.3, -0.25) is 19.2 Å². The lowest BCUT2D eigenvalue weighted by atomic mass is 9.74. The first kappa shape index (κ1) is 21.2. The Labute approximate surface area is 194 Å². The van der Waals surface area contributed by atoms with E-state index in [0.717, 1.165) is 38.5 Å². The molecule has 6 unspecified atom stereocenters. The Kier molecular flexibility index (Phi) is 4.44. The Morgan fingerprint density at radius 2 is 1.15 bits per heavy atom. The second kappa shape index (κ2) is 7.10. The predicted octanol–water partition coefficient (Wildman–Crippen LogP) is 1.37. The second-order valence-electron chi connectivity index (χ2n) is 10.5. The maximum atomic E-state index is 12.9. The van der Waals surface area contributed by atoms with Crippen LogP contribution in [0.5, 0.6) is 0 Å². The molecule has 0 N–H and O–H groups in total. The average Bonchev–Trinajstić information content (AvgIpc) is 3.66. The van der Waals surface area contributed by atoms with Crippen molar-refractivity contribution in [1.82, 2.24) is 10.1 Å². The van der Waals surface area contributed by atoms with Crippen molar-refractivity contribution in [3.8, 4) is 0 Å². The van der Waals surface area contributed by atoms with Crippen LogP contribution >= 0.6 is 0 Å². The van der Waals surface area contributed by atoms with Gasteiger partial charge in [-0.1, -0.05) is 24.3 Å². The van der Waals surface area contributed by atoms with E-state index in [-0.39, 0.29) is 12.8 Å². The molecule has 2 saturated heterocycles. The summed E-state index contributed by atoms with van der Waals surface area (Å²) in [6.07, 6.45) is 12.8. The molecule has 178 valence electrons. The zero-order valence-electron chi connectivity index (χ0n) is 18.4. The number of rotatable bonds is 4. The zero-order valence-corrected chi connectivity index (χ0v) is 18.4. The van der Waals surface area contributed by atoms with Crippen LogP contribution in [-0.4, -0.2) is 45.7 Å². The third-order valence-corrected chi connectivity index (χ3v) is 8.76. The van der Waals surface area contributed by atoms with Crippen LogP contribution in [0.3, 0.4) is 0 Å². The summed E-state index contributed by atoms with van der Waals surface area (Å²) in [4.78, 5) is 84.8. The first-order valence-electron chi connectivity index (χ1n) is 11.8. The van der Waals surface area contributed by atoms with Gasteiger partial charge in [0, 0.05) is 23.7 Å². The van der Waals surface area contributed by atoms with Gasteiger partial charge >= 0.3 is 11.9 Å². The van der Waals surface area contributed by atoms with Gasteiger partial charge in [0.15, 0.2) is 0 Å². The molecule has 2 saturated carbocycles. The van der Waals surface area contributed by atoms with Crippen LogP contribution in [0.2, 0.25) is 0 Å². The van der Waals surface area contributed by atoms with E-state index in [1.807, 2.05) is 12.2 Å². The highest BCUT2D eigenvalue weighted by Gasteiger charge is 2.57. The monoisotopic (exact) mass is 468 g/mol. The Balaban J connectivity index is 1.10. The fourth-order valence-electron chi connectivity index (χ4n) is 6.99. The topological polar surface area (TPSA) is 127 Å². The molecule has 0 aromatic carbocycles. The van der Waals surface area contributed by atoms with Gasteiger partial charge in [0.1, 0.15) is 0 Å². The van der Waals surface area contributed by atoms with Crippen LogP contribution in [0.15, 0.2) is 24.3 Å². The molecule has 2 heterocycles. The van der Waals surface area contributed by atoms with Gasteiger partial charge in [-0.2, -0.15) is 0 Å². The van der Waals surface area contributed by atoms with Crippen molar-refractivity contribution >= 4 is 35.6 Å². The molecule has 10 heteroatoms. The first-order valence-corrected chi connectivity index (χ1v) is 11.8. The lowest BCUT2D eigenvalue weighted by Gasteiger charge is -2.28. The van der Waals surface area contributed by atoms with Gasteiger partial charge in [-0.05, 0) is 50.4 Å². The fourth-order valence-corrected chi connectivity index (χ4v) is 6.99.